The molecule has 3 aromatic carbocycles. The molecule has 0 saturated heterocycles. The summed E-state index contributed by atoms with van der Waals surface area (Å²) in [5.41, 5.74) is 0.318. The van der Waals surface area contributed by atoms with Gasteiger partial charge in [0.05, 0.1) is 16.8 Å². The Morgan fingerprint density at radius 3 is 1.78 bits per heavy atom. The quantitative estimate of drug-likeness (QED) is 0.156. The molecule has 2 heterocycles. The highest BCUT2D eigenvalue weighted by Crippen LogP contribution is 2.36. The molecular formula is C33H25F7N2O3. The number of rotatable bonds is 8. The highest BCUT2D eigenvalue weighted by atomic mass is 19.4. The van der Waals surface area contributed by atoms with Crippen molar-refractivity contribution < 1.29 is 44.9 Å². The van der Waals surface area contributed by atoms with Gasteiger partial charge in [0.15, 0.2) is 11.6 Å². The van der Waals surface area contributed by atoms with Crippen LogP contribution < -0.4 is 14.2 Å². The van der Waals surface area contributed by atoms with E-state index in [4.69, 9.17) is 14.2 Å². The third kappa shape index (κ3) is 7.22. The highest BCUT2D eigenvalue weighted by molar-refractivity contribution is 5.95. The molecule has 45 heavy (non-hydrogen) atoms. The van der Waals surface area contributed by atoms with Crippen LogP contribution in [0.3, 0.4) is 0 Å². The van der Waals surface area contributed by atoms with E-state index in [1.54, 1.807) is 0 Å². The molecule has 12 heteroatoms. The lowest BCUT2D eigenvalue weighted by molar-refractivity contribution is -0.138. The lowest BCUT2D eigenvalue weighted by atomic mass is 10.0. The first kappa shape index (κ1) is 31.4. The number of aryl methyl sites for hydroxylation is 2. The van der Waals surface area contributed by atoms with E-state index in [9.17, 15) is 26.3 Å². The maximum atomic E-state index is 15.1. The lowest BCUT2D eigenvalue weighted by Gasteiger charge is -2.17. The maximum Gasteiger partial charge on any atom is 0.416 e. The van der Waals surface area contributed by atoms with Gasteiger partial charge in [-0.2, -0.15) is 26.3 Å². The second-order valence-corrected chi connectivity index (χ2v) is 9.82. The molecule has 0 aliphatic carbocycles. The largest absolute Gasteiger partial charge is 0.452 e. The number of hydrogen-bond acceptors (Lipinski definition) is 4. The van der Waals surface area contributed by atoms with Crippen LogP contribution in [0.15, 0.2) is 95.6 Å². The number of aromatic amines is 1. The minimum absolute atomic E-state index is 0.0404. The van der Waals surface area contributed by atoms with Gasteiger partial charge in [-0.25, -0.2) is 9.38 Å². The number of benzene rings is 3. The van der Waals surface area contributed by atoms with Crippen molar-refractivity contribution in [3.63, 3.8) is 0 Å². The zero-order valence-electron chi connectivity index (χ0n) is 23.8. The fraction of sp³-hybridized carbons (Fsp3) is 0.182. The van der Waals surface area contributed by atoms with Gasteiger partial charge in [0.1, 0.15) is 22.9 Å². The average molecular weight is 631 g/mol. The highest BCUT2D eigenvalue weighted by Gasteiger charge is 2.31. The van der Waals surface area contributed by atoms with Crippen molar-refractivity contribution in [1.29, 1.82) is 0 Å². The van der Waals surface area contributed by atoms with Gasteiger partial charge in [-0.05, 0) is 78.6 Å². The first-order chi connectivity index (χ1) is 21.4. The van der Waals surface area contributed by atoms with E-state index in [1.165, 1.54) is 12.2 Å². The molecule has 1 aromatic heterocycles. The lowest BCUT2D eigenvalue weighted by Crippen LogP contribution is -2.06. The summed E-state index contributed by atoms with van der Waals surface area (Å²) in [4.78, 5) is 7.20. The van der Waals surface area contributed by atoms with E-state index in [0.717, 1.165) is 65.7 Å². The van der Waals surface area contributed by atoms with Crippen LogP contribution in [0, 0.1) is 5.82 Å². The predicted molar refractivity (Wildman–Crippen MR) is 154 cm³/mol. The standard InChI is InChI=1S/C33H25F7N2O3/c1-3-19-6-5-7-20(4-2)29(19)45-30(26-16-17-28(41-26)43-23-12-8-21(9-13-23)32(35,36)37)27-18-25(34)31(42-27)44-24-14-10-22(11-15-24)33(38,39)40/h5-18,42H,3-4H2,1-2H3. The minimum Gasteiger partial charge on any atom is -0.452 e. The second-order valence-electron chi connectivity index (χ2n) is 9.82. The third-order valence-electron chi connectivity index (χ3n) is 6.78. The molecule has 1 aliphatic rings. The van der Waals surface area contributed by atoms with Crippen LogP contribution in [0.4, 0.5) is 30.7 Å². The van der Waals surface area contributed by atoms with Crippen LogP contribution in [-0.2, 0) is 25.2 Å². The molecule has 4 aromatic rings. The topological polar surface area (TPSA) is 55.8 Å². The van der Waals surface area contributed by atoms with Crippen LogP contribution in [-0.4, -0.2) is 10.9 Å². The number of nitrogens with one attached hydrogen (secondary N) is 1. The smallest absolute Gasteiger partial charge is 0.416 e. The van der Waals surface area contributed by atoms with Crippen LogP contribution in [0.2, 0.25) is 0 Å². The van der Waals surface area contributed by atoms with E-state index in [-0.39, 0.29) is 40.4 Å². The molecule has 0 saturated carbocycles. The number of allylic oxidation sites excluding steroid dienone is 1. The Morgan fingerprint density at radius 1 is 0.733 bits per heavy atom. The number of para-hydroxylation sites is 1. The second kappa shape index (κ2) is 12.5. The van der Waals surface area contributed by atoms with Crippen molar-refractivity contribution in [2.24, 2.45) is 4.99 Å². The van der Waals surface area contributed by atoms with Gasteiger partial charge in [-0.15, -0.1) is 0 Å². The number of aromatic nitrogens is 1. The molecule has 0 fully saturated rings. The molecule has 1 N–H and O–H groups in total. The van der Waals surface area contributed by atoms with Gasteiger partial charge in [0, 0.05) is 12.1 Å². The first-order valence-corrected chi connectivity index (χ1v) is 13.7. The molecule has 234 valence electrons. The Hall–Kier alpha value is -5.00. The SMILES string of the molecule is CCc1cccc(CC)c1OC(=C1C=CC(Oc2ccc(C(F)(F)F)cc2)=N1)c1cc(F)c(Oc2ccc(C(F)(F)F)cc2)[nH]1. The van der Waals surface area contributed by atoms with Crippen LogP contribution >= 0.6 is 0 Å². The van der Waals surface area contributed by atoms with Gasteiger partial charge >= 0.3 is 12.4 Å². The van der Waals surface area contributed by atoms with Crippen molar-refractivity contribution in [3.8, 4) is 23.1 Å². The van der Waals surface area contributed by atoms with Crippen molar-refractivity contribution in [2.75, 3.05) is 0 Å². The maximum absolute atomic E-state index is 15.1. The Bertz CT molecular complexity index is 1740. The molecule has 0 spiro atoms. The molecular weight excluding hydrogens is 605 g/mol. The Labute approximate surface area is 253 Å². The number of ether oxygens (including phenoxy) is 3. The molecule has 0 radical (unpaired) electrons. The van der Waals surface area contributed by atoms with Gasteiger partial charge < -0.3 is 19.2 Å². The molecule has 0 atom stereocenters. The van der Waals surface area contributed by atoms with Crippen molar-refractivity contribution in [3.05, 3.63) is 124 Å². The Kier molecular flexibility index (Phi) is 8.76. The van der Waals surface area contributed by atoms with Crippen LogP contribution in [0.1, 0.15) is 41.8 Å². The summed E-state index contributed by atoms with van der Waals surface area (Å²) in [6.07, 6.45) is -4.80. The van der Waals surface area contributed by atoms with Crippen LogP contribution in [0.25, 0.3) is 5.76 Å². The monoisotopic (exact) mass is 630 g/mol. The summed E-state index contributed by atoms with van der Waals surface area (Å²) in [7, 11) is 0. The molecule has 5 rings (SSSR count). The molecule has 0 amide bonds. The van der Waals surface area contributed by atoms with Crippen molar-refractivity contribution in [2.45, 2.75) is 39.0 Å². The van der Waals surface area contributed by atoms with Crippen LogP contribution in [0.5, 0.6) is 23.1 Å². The van der Waals surface area contributed by atoms with E-state index in [0.29, 0.717) is 18.6 Å². The Morgan fingerprint density at radius 2 is 1.27 bits per heavy atom. The Balaban J connectivity index is 1.50. The summed E-state index contributed by atoms with van der Waals surface area (Å²) in [5, 5.41) is 0. The molecule has 1 aliphatic heterocycles. The number of nitrogens with zero attached hydrogens (tertiary/aromatic N) is 1. The number of H-pyrrole nitrogens is 1. The number of hydrogen-bond donors (Lipinski definition) is 1. The number of aliphatic imine (C=N–C) groups is 1. The first-order valence-electron chi connectivity index (χ1n) is 13.7. The molecule has 0 bridgehead atoms. The summed E-state index contributed by atoms with van der Waals surface area (Å²) < 4.78 is 110. The van der Waals surface area contributed by atoms with Gasteiger partial charge in [0.25, 0.3) is 0 Å². The van der Waals surface area contributed by atoms with Gasteiger partial charge in [0.2, 0.25) is 11.8 Å². The van der Waals surface area contributed by atoms with E-state index in [2.05, 4.69) is 9.98 Å². The average Bonchev–Trinajstić information content (AvgIpc) is 3.61. The summed E-state index contributed by atoms with van der Waals surface area (Å²) in [6.45, 7) is 3.89. The van der Waals surface area contributed by atoms with Crippen molar-refractivity contribution >= 4 is 11.7 Å². The minimum atomic E-state index is -4.54. The van der Waals surface area contributed by atoms with Crippen molar-refractivity contribution in [1.82, 2.24) is 4.98 Å². The van der Waals surface area contributed by atoms with Gasteiger partial charge in [-0.1, -0.05) is 32.0 Å². The predicted octanol–water partition coefficient (Wildman–Crippen LogP) is 9.90. The van der Waals surface area contributed by atoms with Gasteiger partial charge in [-0.3, -0.25) is 0 Å². The van der Waals surface area contributed by atoms with E-state index >= 15 is 4.39 Å². The van der Waals surface area contributed by atoms with E-state index < -0.39 is 29.3 Å². The summed E-state index contributed by atoms with van der Waals surface area (Å²) in [5.74, 6) is -0.506. The van der Waals surface area contributed by atoms with E-state index in [1.807, 2.05) is 32.0 Å². The fourth-order valence-electron chi connectivity index (χ4n) is 4.47. The third-order valence-corrected chi connectivity index (χ3v) is 6.78. The zero-order valence-corrected chi connectivity index (χ0v) is 23.8. The molecule has 5 nitrogen and oxygen atoms in total. The molecule has 0 unspecified atom stereocenters. The fourth-order valence-corrected chi connectivity index (χ4v) is 4.47. The zero-order chi connectivity index (χ0) is 32.4. The normalized spacial score (nSPS) is 14.4. The summed E-state index contributed by atoms with van der Waals surface area (Å²) >= 11 is 0. The number of alkyl halides is 6. The summed E-state index contributed by atoms with van der Waals surface area (Å²) in [6, 6.07) is 14.6. The number of halogens is 7.